The van der Waals surface area contributed by atoms with Crippen molar-refractivity contribution in [3.05, 3.63) is 72.3 Å². The fourth-order valence-corrected chi connectivity index (χ4v) is 6.00. The monoisotopic (exact) mass is 435 g/mol. The van der Waals surface area contributed by atoms with E-state index in [9.17, 15) is 14.4 Å². The topological polar surface area (TPSA) is 69.7 Å². The zero-order valence-corrected chi connectivity index (χ0v) is 18.0. The third-order valence-corrected chi connectivity index (χ3v) is 7.27. The first kappa shape index (κ1) is 19.7. The first-order chi connectivity index (χ1) is 16.0. The van der Waals surface area contributed by atoms with E-state index >= 15 is 0 Å². The number of carbonyl (C=O) groups is 3. The number of benzene rings is 3. The molecule has 162 valence electrons. The molecule has 1 spiro atoms. The van der Waals surface area contributed by atoms with Gasteiger partial charge >= 0.3 is 0 Å². The average Bonchev–Trinajstić information content (AvgIpc) is 3.37. The molecule has 6 nitrogen and oxygen atoms in total. The molecule has 2 saturated heterocycles. The van der Waals surface area contributed by atoms with E-state index in [0.717, 1.165) is 10.8 Å². The van der Waals surface area contributed by atoms with E-state index in [4.69, 9.17) is 6.42 Å². The van der Waals surface area contributed by atoms with Crippen molar-refractivity contribution in [2.75, 3.05) is 16.3 Å². The van der Waals surface area contributed by atoms with Crippen molar-refractivity contribution >= 4 is 39.9 Å². The Bertz CT molecular complexity index is 1400. The number of nitrogens with zero attached hydrogens (tertiary/aromatic N) is 2. The Morgan fingerprint density at radius 2 is 1.64 bits per heavy atom. The van der Waals surface area contributed by atoms with E-state index in [-0.39, 0.29) is 30.3 Å². The van der Waals surface area contributed by atoms with Crippen LogP contribution < -0.4 is 15.1 Å². The minimum absolute atomic E-state index is 0.0974. The van der Waals surface area contributed by atoms with Gasteiger partial charge in [-0.3, -0.25) is 24.6 Å². The van der Waals surface area contributed by atoms with Crippen LogP contribution in [-0.4, -0.2) is 30.3 Å². The number of terminal acetylenes is 1. The summed E-state index contributed by atoms with van der Waals surface area (Å²) in [5, 5.41) is 5.13. The molecule has 0 aromatic heterocycles. The first-order valence-electron chi connectivity index (χ1n) is 11.0. The van der Waals surface area contributed by atoms with Gasteiger partial charge in [-0.25, -0.2) is 4.90 Å². The molecule has 3 amide bonds. The number of hydrogen-bond donors (Lipinski definition) is 1. The number of rotatable bonds is 2. The number of anilines is 2. The van der Waals surface area contributed by atoms with E-state index in [1.54, 1.807) is 6.07 Å². The van der Waals surface area contributed by atoms with Crippen LogP contribution >= 0.6 is 0 Å². The van der Waals surface area contributed by atoms with Gasteiger partial charge in [-0.05, 0) is 24.4 Å². The molecule has 0 saturated carbocycles. The van der Waals surface area contributed by atoms with Crippen molar-refractivity contribution in [3.63, 3.8) is 0 Å². The van der Waals surface area contributed by atoms with E-state index in [0.29, 0.717) is 16.9 Å². The lowest BCUT2D eigenvalue weighted by Gasteiger charge is -2.30. The molecule has 3 heterocycles. The fraction of sp³-hybridized carbons (Fsp3) is 0.222. The van der Waals surface area contributed by atoms with Crippen LogP contribution in [0, 0.1) is 24.2 Å². The highest BCUT2D eigenvalue weighted by Crippen LogP contribution is 2.55. The second kappa shape index (κ2) is 6.77. The highest BCUT2D eigenvalue weighted by atomic mass is 16.2. The minimum atomic E-state index is -1.32. The van der Waals surface area contributed by atoms with Gasteiger partial charge in [0.15, 0.2) is 0 Å². The van der Waals surface area contributed by atoms with E-state index in [1.807, 2.05) is 67.6 Å². The third kappa shape index (κ3) is 2.35. The van der Waals surface area contributed by atoms with Crippen LogP contribution in [0.5, 0.6) is 0 Å². The summed E-state index contributed by atoms with van der Waals surface area (Å²) in [6.07, 6.45) is 5.56. The lowest BCUT2D eigenvalue weighted by molar-refractivity contribution is -0.132. The summed E-state index contributed by atoms with van der Waals surface area (Å²) in [5.41, 5.74) is 0.623. The highest BCUT2D eigenvalue weighted by molar-refractivity contribution is 6.28. The van der Waals surface area contributed by atoms with Crippen LogP contribution in [0.3, 0.4) is 0 Å². The van der Waals surface area contributed by atoms with Crippen LogP contribution in [0.2, 0.25) is 0 Å². The largest absolute Gasteiger partial charge is 0.298 e. The van der Waals surface area contributed by atoms with Gasteiger partial charge in [0.2, 0.25) is 11.8 Å². The molecule has 3 aliphatic heterocycles. The quantitative estimate of drug-likeness (QED) is 0.497. The van der Waals surface area contributed by atoms with Crippen molar-refractivity contribution in [1.82, 2.24) is 5.32 Å². The second-order valence-corrected chi connectivity index (χ2v) is 8.87. The molecule has 4 atom stereocenters. The molecular weight excluding hydrogens is 414 g/mol. The Morgan fingerprint density at radius 1 is 0.939 bits per heavy atom. The van der Waals surface area contributed by atoms with E-state index < -0.39 is 17.4 Å². The van der Waals surface area contributed by atoms with Gasteiger partial charge in [0, 0.05) is 17.0 Å². The van der Waals surface area contributed by atoms with Crippen LogP contribution in [-0.2, 0) is 19.9 Å². The molecule has 1 N–H and O–H groups in total. The van der Waals surface area contributed by atoms with Crippen LogP contribution in [0.4, 0.5) is 11.4 Å². The van der Waals surface area contributed by atoms with E-state index in [2.05, 4.69) is 11.2 Å². The maximum absolute atomic E-state index is 14.0. The molecule has 3 aromatic carbocycles. The Hall–Kier alpha value is -3.95. The molecule has 3 aliphatic rings. The van der Waals surface area contributed by atoms with Crippen molar-refractivity contribution in [2.24, 2.45) is 11.8 Å². The summed E-state index contributed by atoms with van der Waals surface area (Å²) in [5.74, 6) is 0.131. The van der Waals surface area contributed by atoms with Gasteiger partial charge < -0.3 is 0 Å². The van der Waals surface area contributed by atoms with Crippen molar-refractivity contribution in [1.29, 1.82) is 0 Å². The number of fused-ring (bicyclic) bond motifs is 5. The van der Waals surface area contributed by atoms with Crippen LogP contribution in [0.25, 0.3) is 10.8 Å². The predicted octanol–water partition coefficient (Wildman–Crippen LogP) is 2.81. The molecule has 6 heteroatoms. The number of imide groups is 1. The van der Waals surface area contributed by atoms with E-state index in [1.165, 1.54) is 9.80 Å². The van der Waals surface area contributed by atoms with Gasteiger partial charge in [0.1, 0.15) is 5.54 Å². The lowest BCUT2D eigenvalue weighted by Crippen LogP contribution is -2.55. The summed E-state index contributed by atoms with van der Waals surface area (Å²) in [7, 11) is 0. The molecule has 3 aromatic rings. The second-order valence-electron chi connectivity index (χ2n) is 8.87. The maximum atomic E-state index is 14.0. The van der Waals surface area contributed by atoms with Gasteiger partial charge in [-0.2, -0.15) is 0 Å². The summed E-state index contributed by atoms with van der Waals surface area (Å²) in [6, 6.07) is 20.2. The number of nitrogens with one attached hydrogen (secondary N) is 1. The predicted molar refractivity (Wildman–Crippen MR) is 125 cm³/mol. The Balaban J connectivity index is 1.54. The summed E-state index contributed by atoms with van der Waals surface area (Å²) < 4.78 is 0. The zero-order valence-electron chi connectivity index (χ0n) is 18.0. The van der Waals surface area contributed by atoms with Gasteiger partial charge in [0.25, 0.3) is 5.91 Å². The smallest absolute Gasteiger partial charge is 0.253 e. The third-order valence-electron chi connectivity index (χ3n) is 7.27. The zero-order chi connectivity index (χ0) is 22.9. The Labute approximate surface area is 191 Å². The maximum Gasteiger partial charge on any atom is 0.253 e. The van der Waals surface area contributed by atoms with Crippen LogP contribution in [0.1, 0.15) is 12.5 Å². The number of carbonyl (C=O) groups excluding carboxylic acids is 3. The van der Waals surface area contributed by atoms with Gasteiger partial charge in [-0.15, -0.1) is 6.42 Å². The number of amides is 3. The molecule has 33 heavy (non-hydrogen) atoms. The van der Waals surface area contributed by atoms with Gasteiger partial charge in [0.05, 0.1) is 29.8 Å². The summed E-state index contributed by atoms with van der Waals surface area (Å²) in [4.78, 5) is 44.4. The highest BCUT2D eigenvalue weighted by Gasteiger charge is 2.71. The van der Waals surface area contributed by atoms with Crippen molar-refractivity contribution in [3.8, 4) is 12.3 Å². The van der Waals surface area contributed by atoms with Gasteiger partial charge in [-0.1, -0.05) is 60.5 Å². The van der Waals surface area contributed by atoms with Crippen molar-refractivity contribution < 1.29 is 14.4 Å². The molecule has 0 bridgehead atoms. The Morgan fingerprint density at radius 3 is 2.45 bits per heavy atom. The minimum Gasteiger partial charge on any atom is -0.298 e. The molecule has 6 rings (SSSR count). The number of para-hydroxylation sites is 1. The van der Waals surface area contributed by atoms with Crippen molar-refractivity contribution in [2.45, 2.75) is 18.5 Å². The first-order valence-corrected chi connectivity index (χ1v) is 11.0. The number of hydrogen-bond acceptors (Lipinski definition) is 4. The molecule has 0 aliphatic carbocycles. The standard InChI is InChI=1S/C27H21N3O3/c1-3-15-29-21-13-7-6-12-19(21)27(26(29)33)23-22(16(2)28-27)24(31)30(25(23)32)20-14-8-10-17-9-4-5-11-18(17)20/h1,4-14,16,22-23,28H,15H2,2H3. The molecule has 2 fully saturated rings. The molecule has 4 unspecified atom stereocenters. The lowest BCUT2D eigenvalue weighted by atomic mass is 9.76. The molecule has 0 radical (unpaired) electrons. The SMILES string of the molecule is C#CCN1C(=O)C2(NC(C)C3C(=O)N(c4cccc5ccccc45)C(=O)C32)c2ccccc21. The Kier molecular flexibility index (Phi) is 4.05. The molecular formula is C27H21N3O3. The summed E-state index contributed by atoms with van der Waals surface area (Å²) >= 11 is 0. The summed E-state index contributed by atoms with van der Waals surface area (Å²) in [6.45, 7) is 1.96. The van der Waals surface area contributed by atoms with Crippen LogP contribution in [0.15, 0.2) is 66.7 Å². The fourth-order valence-electron chi connectivity index (χ4n) is 6.00. The average molecular weight is 435 g/mol. The normalized spacial score (nSPS) is 28.0.